The maximum atomic E-state index is 3.75. The van der Waals surface area contributed by atoms with Gasteiger partial charge in [0.1, 0.15) is 0 Å². The average Bonchev–Trinajstić information content (AvgIpc) is 2.15. The van der Waals surface area contributed by atoms with E-state index in [0.29, 0.717) is 0 Å². The number of rotatable bonds is 5. The third-order valence-electron chi connectivity index (χ3n) is 2.93. The number of allylic oxidation sites excluding steroid dienone is 1. The van der Waals surface area contributed by atoms with E-state index in [1.165, 1.54) is 36.0 Å². The van der Waals surface area contributed by atoms with E-state index in [9.17, 15) is 0 Å². The van der Waals surface area contributed by atoms with E-state index in [0.717, 1.165) is 6.42 Å². The van der Waals surface area contributed by atoms with Gasteiger partial charge in [-0.05, 0) is 63.1 Å². The molecule has 0 fully saturated rings. The maximum Gasteiger partial charge on any atom is -0.0274 e. The molecule has 0 radical (unpaired) electrons. The summed E-state index contributed by atoms with van der Waals surface area (Å²) in [4.78, 5) is 0. The number of benzene rings is 1. The van der Waals surface area contributed by atoms with Crippen LogP contribution in [-0.2, 0) is 6.42 Å². The molecule has 0 bridgehead atoms. The molecule has 1 aromatic rings. The lowest BCUT2D eigenvalue weighted by molar-refractivity contribution is 0.742. The van der Waals surface area contributed by atoms with Gasteiger partial charge >= 0.3 is 0 Å². The molecule has 82 valence electrons. The van der Waals surface area contributed by atoms with Crippen LogP contribution < -0.4 is 0 Å². The Labute approximate surface area is 94.0 Å². The van der Waals surface area contributed by atoms with Crippen LogP contribution in [0.15, 0.2) is 24.8 Å². The molecule has 0 aromatic heterocycles. The summed E-state index contributed by atoms with van der Waals surface area (Å²) in [5.74, 6) is 0. The standard InChI is InChI=1S/C15H22/c1-5-6-7-8-9-15-13(3)10-12(2)11-14(15)4/h5,10-11H,1,6-9H2,2-4H3. The zero-order chi connectivity index (χ0) is 11.3. The van der Waals surface area contributed by atoms with Crippen molar-refractivity contribution in [2.75, 3.05) is 0 Å². The van der Waals surface area contributed by atoms with Gasteiger partial charge in [-0.2, -0.15) is 0 Å². The topological polar surface area (TPSA) is 0 Å². The molecular formula is C15H22. The molecule has 0 spiro atoms. The van der Waals surface area contributed by atoms with Crippen molar-refractivity contribution in [3.63, 3.8) is 0 Å². The predicted molar refractivity (Wildman–Crippen MR) is 68.4 cm³/mol. The van der Waals surface area contributed by atoms with Gasteiger partial charge in [0, 0.05) is 0 Å². The second-order valence-electron chi connectivity index (χ2n) is 4.41. The SMILES string of the molecule is C=CCCCCc1c(C)cc(C)cc1C. The van der Waals surface area contributed by atoms with Gasteiger partial charge in [-0.25, -0.2) is 0 Å². The van der Waals surface area contributed by atoms with Crippen molar-refractivity contribution in [3.8, 4) is 0 Å². The highest BCUT2D eigenvalue weighted by molar-refractivity contribution is 5.37. The molecule has 0 aliphatic heterocycles. The highest BCUT2D eigenvalue weighted by Crippen LogP contribution is 2.18. The Morgan fingerprint density at radius 1 is 1.07 bits per heavy atom. The van der Waals surface area contributed by atoms with Crippen molar-refractivity contribution in [2.24, 2.45) is 0 Å². The second kappa shape index (κ2) is 5.75. The van der Waals surface area contributed by atoms with Crippen LogP contribution in [-0.4, -0.2) is 0 Å². The normalized spacial score (nSPS) is 10.3. The van der Waals surface area contributed by atoms with Gasteiger partial charge in [-0.1, -0.05) is 23.8 Å². The van der Waals surface area contributed by atoms with Crippen LogP contribution in [0.4, 0.5) is 0 Å². The van der Waals surface area contributed by atoms with E-state index in [4.69, 9.17) is 0 Å². The van der Waals surface area contributed by atoms with Crippen LogP contribution in [0.25, 0.3) is 0 Å². The van der Waals surface area contributed by atoms with Crippen LogP contribution in [0.5, 0.6) is 0 Å². The first-order valence-corrected chi connectivity index (χ1v) is 5.82. The zero-order valence-corrected chi connectivity index (χ0v) is 10.3. The Hall–Kier alpha value is -1.04. The fraction of sp³-hybridized carbons (Fsp3) is 0.467. The maximum absolute atomic E-state index is 3.75. The third kappa shape index (κ3) is 3.54. The fourth-order valence-corrected chi connectivity index (χ4v) is 2.19. The van der Waals surface area contributed by atoms with Crippen LogP contribution >= 0.6 is 0 Å². The van der Waals surface area contributed by atoms with E-state index < -0.39 is 0 Å². The van der Waals surface area contributed by atoms with E-state index in [1.807, 2.05) is 6.08 Å². The van der Waals surface area contributed by atoms with Gasteiger partial charge in [-0.15, -0.1) is 6.58 Å². The molecule has 0 aliphatic carbocycles. The van der Waals surface area contributed by atoms with Gasteiger partial charge in [0.15, 0.2) is 0 Å². The van der Waals surface area contributed by atoms with Crippen molar-refractivity contribution in [3.05, 3.63) is 47.0 Å². The minimum Gasteiger partial charge on any atom is -0.103 e. The minimum absolute atomic E-state index is 1.14. The number of aryl methyl sites for hydroxylation is 3. The Morgan fingerprint density at radius 3 is 2.20 bits per heavy atom. The van der Waals surface area contributed by atoms with Crippen molar-refractivity contribution < 1.29 is 0 Å². The van der Waals surface area contributed by atoms with Crippen molar-refractivity contribution in [2.45, 2.75) is 46.5 Å². The molecule has 1 rings (SSSR count). The molecule has 15 heavy (non-hydrogen) atoms. The molecule has 0 saturated carbocycles. The summed E-state index contributed by atoms with van der Waals surface area (Å²) < 4.78 is 0. The van der Waals surface area contributed by atoms with E-state index >= 15 is 0 Å². The van der Waals surface area contributed by atoms with E-state index in [1.54, 1.807) is 5.56 Å². The number of hydrogen-bond donors (Lipinski definition) is 0. The van der Waals surface area contributed by atoms with E-state index in [2.05, 4.69) is 39.5 Å². The summed E-state index contributed by atoms with van der Waals surface area (Å²) in [7, 11) is 0. The average molecular weight is 202 g/mol. The lowest BCUT2D eigenvalue weighted by Crippen LogP contribution is -1.95. The van der Waals surface area contributed by atoms with Crippen molar-refractivity contribution in [1.29, 1.82) is 0 Å². The molecule has 0 unspecified atom stereocenters. The van der Waals surface area contributed by atoms with Crippen LogP contribution in [0.2, 0.25) is 0 Å². The molecule has 1 aromatic carbocycles. The molecule has 0 heterocycles. The van der Waals surface area contributed by atoms with Crippen molar-refractivity contribution in [1.82, 2.24) is 0 Å². The van der Waals surface area contributed by atoms with Crippen LogP contribution in [0.1, 0.15) is 41.5 Å². The van der Waals surface area contributed by atoms with Crippen LogP contribution in [0, 0.1) is 20.8 Å². The molecule has 0 N–H and O–H groups in total. The predicted octanol–water partition coefficient (Wildman–Crippen LogP) is 4.51. The number of hydrogen-bond acceptors (Lipinski definition) is 0. The third-order valence-corrected chi connectivity index (χ3v) is 2.93. The minimum atomic E-state index is 1.14. The zero-order valence-electron chi connectivity index (χ0n) is 10.3. The van der Waals surface area contributed by atoms with Crippen molar-refractivity contribution >= 4 is 0 Å². The van der Waals surface area contributed by atoms with Gasteiger partial charge in [0.25, 0.3) is 0 Å². The lowest BCUT2D eigenvalue weighted by Gasteiger charge is -2.10. The summed E-state index contributed by atoms with van der Waals surface area (Å²) in [6, 6.07) is 4.58. The van der Waals surface area contributed by atoms with Gasteiger partial charge in [-0.3, -0.25) is 0 Å². The van der Waals surface area contributed by atoms with Gasteiger partial charge < -0.3 is 0 Å². The molecule has 0 atom stereocenters. The fourth-order valence-electron chi connectivity index (χ4n) is 2.19. The second-order valence-corrected chi connectivity index (χ2v) is 4.41. The smallest absolute Gasteiger partial charge is 0.0274 e. The number of unbranched alkanes of at least 4 members (excludes halogenated alkanes) is 2. The first kappa shape index (κ1) is 12.0. The summed E-state index contributed by atoms with van der Waals surface area (Å²) in [6.45, 7) is 10.4. The Morgan fingerprint density at radius 2 is 1.67 bits per heavy atom. The molecule has 0 aliphatic rings. The van der Waals surface area contributed by atoms with E-state index in [-0.39, 0.29) is 0 Å². The van der Waals surface area contributed by atoms with Gasteiger partial charge in [0.05, 0.1) is 0 Å². The summed E-state index contributed by atoms with van der Waals surface area (Å²) >= 11 is 0. The summed E-state index contributed by atoms with van der Waals surface area (Å²) in [6.07, 6.45) is 6.90. The first-order chi connectivity index (χ1) is 7.15. The monoisotopic (exact) mass is 202 g/mol. The highest BCUT2D eigenvalue weighted by atomic mass is 14.1. The molecule has 0 saturated heterocycles. The molecule has 0 nitrogen and oxygen atoms in total. The largest absolute Gasteiger partial charge is 0.103 e. The summed E-state index contributed by atoms with van der Waals surface area (Å²) in [5.41, 5.74) is 5.82. The molecule has 0 heteroatoms. The lowest BCUT2D eigenvalue weighted by atomic mass is 9.95. The Kier molecular flexibility index (Phi) is 4.61. The van der Waals surface area contributed by atoms with Gasteiger partial charge in [0.2, 0.25) is 0 Å². The molecule has 0 amide bonds. The quantitative estimate of drug-likeness (QED) is 0.487. The summed E-state index contributed by atoms with van der Waals surface area (Å²) in [5, 5.41) is 0. The highest BCUT2D eigenvalue weighted by Gasteiger charge is 2.02. The van der Waals surface area contributed by atoms with Crippen LogP contribution in [0.3, 0.4) is 0 Å². The Balaban J connectivity index is 2.64. The molecular weight excluding hydrogens is 180 g/mol. The first-order valence-electron chi connectivity index (χ1n) is 5.82. The Bertz CT molecular complexity index is 311.